The van der Waals surface area contributed by atoms with Gasteiger partial charge in [0.25, 0.3) is 5.91 Å². The number of esters is 1. The fourth-order valence-corrected chi connectivity index (χ4v) is 2.58. The third-order valence-corrected chi connectivity index (χ3v) is 4.13. The van der Waals surface area contributed by atoms with E-state index in [0.717, 1.165) is 5.56 Å². The summed E-state index contributed by atoms with van der Waals surface area (Å²) in [5, 5.41) is 4.95. The minimum Gasteiger partial charge on any atom is -0.495 e. The summed E-state index contributed by atoms with van der Waals surface area (Å²) in [5.74, 6) is -1.53. The van der Waals surface area contributed by atoms with Crippen LogP contribution in [0.2, 0.25) is 0 Å². The molecule has 11 heteroatoms. The topological polar surface area (TPSA) is 103 Å². The van der Waals surface area contributed by atoms with Gasteiger partial charge in [-0.2, -0.15) is 13.2 Å². The second-order valence-electron chi connectivity index (χ2n) is 6.91. The Morgan fingerprint density at radius 3 is 2.33 bits per heavy atom. The lowest BCUT2D eigenvalue weighted by molar-refractivity contribution is -0.176. The molecule has 0 spiro atoms. The number of aryl methyl sites for hydroxylation is 1. The van der Waals surface area contributed by atoms with E-state index in [1.165, 1.54) is 31.4 Å². The van der Waals surface area contributed by atoms with Gasteiger partial charge in [-0.25, -0.2) is 4.79 Å². The molecule has 0 saturated carbocycles. The fraction of sp³-hybridized carbons (Fsp3) is 0.318. The first-order valence-corrected chi connectivity index (χ1v) is 9.69. The van der Waals surface area contributed by atoms with Crippen molar-refractivity contribution in [2.24, 2.45) is 0 Å². The molecular formula is C22H23F3N2O6. The first-order valence-electron chi connectivity index (χ1n) is 9.69. The molecular weight excluding hydrogens is 445 g/mol. The Morgan fingerprint density at radius 1 is 1.00 bits per heavy atom. The largest absolute Gasteiger partial charge is 0.495 e. The Balaban J connectivity index is 1.74. The summed E-state index contributed by atoms with van der Waals surface area (Å²) in [5.41, 5.74) is 1.90. The van der Waals surface area contributed by atoms with Crippen LogP contribution < -0.4 is 15.4 Å². The number of hydrogen-bond acceptors (Lipinski definition) is 6. The molecule has 0 radical (unpaired) electrons. The van der Waals surface area contributed by atoms with E-state index >= 15 is 0 Å². The number of benzene rings is 2. The Morgan fingerprint density at radius 2 is 1.70 bits per heavy atom. The molecule has 0 unspecified atom stereocenters. The predicted octanol–water partition coefficient (Wildman–Crippen LogP) is 2.99. The van der Waals surface area contributed by atoms with Crippen molar-refractivity contribution in [3.63, 3.8) is 0 Å². The molecule has 178 valence electrons. The number of rotatable bonds is 10. The van der Waals surface area contributed by atoms with E-state index in [2.05, 4.69) is 15.4 Å². The zero-order valence-electron chi connectivity index (χ0n) is 18.0. The minimum atomic E-state index is -4.42. The second kappa shape index (κ2) is 11.9. The summed E-state index contributed by atoms with van der Waals surface area (Å²) in [7, 11) is 1.46. The number of anilines is 1. The summed E-state index contributed by atoms with van der Waals surface area (Å²) in [4.78, 5) is 35.9. The van der Waals surface area contributed by atoms with Crippen molar-refractivity contribution < 1.29 is 41.8 Å². The van der Waals surface area contributed by atoms with Crippen LogP contribution in [0, 0.1) is 6.92 Å². The molecule has 33 heavy (non-hydrogen) atoms. The summed E-state index contributed by atoms with van der Waals surface area (Å²) in [6.07, 6.45) is -4.42. The van der Waals surface area contributed by atoms with E-state index in [-0.39, 0.29) is 18.7 Å². The van der Waals surface area contributed by atoms with Gasteiger partial charge in [-0.3, -0.25) is 9.59 Å². The van der Waals surface area contributed by atoms with Crippen LogP contribution in [0.3, 0.4) is 0 Å². The average Bonchev–Trinajstić information content (AvgIpc) is 2.76. The van der Waals surface area contributed by atoms with Crippen LogP contribution in [-0.2, 0) is 25.7 Å². The lowest BCUT2D eigenvalue weighted by Crippen LogP contribution is -2.35. The SMILES string of the molecule is COc1ccc(C)cc1NC(=O)CNC(=O)COC(=O)c1ccc(COCC(F)(F)F)cc1. The van der Waals surface area contributed by atoms with Gasteiger partial charge in [-0.1, -0.05) is 18.2 Å². The second-order valence-corrected chi connectivity index (χ2v) is 6.91. The summed E-state index contributed by atoms with van der Waals surface area (Å²) < 4.78 is 50.8. The highest BCUT2D eigenvalue weighted by atomic mass is 19.4. The minimum absolute atomic E-state index is 0.103. The molecule has 2 aromatic carbocycles. The number of alkyl halides is 3. The molecule has 0 heterocycles. The Bertz CT molecular complexity index is 977. The maximum absolute atomic E-state index is 12.1. The van der Waals surface area contributed by atoms with Crippen molar-refractivity contribution in [3.8, 4) is 5.75 Å². The monoisotopic (exact) mass is 468 g/mol. The number of ether oxygens (including phenoxy) is 3. The number of carbonyl (C=O) groups excluding carboxylic acids is 3. The molecule has 0 aliphatic heterocycles. The van der Waals surface area contributed by atoms with Crippen molar-refractivity contribution in [3.05, 3.63) is 59.2 Å². The van der Waals surface area contributed by atoms with Crippen LogP contribution in [0.15, 0.2) is 42.5 Å². The quantitative estimate of drug-likeness (QED) is 0.520. The highest BCUT2D eigenvalue weighted by Crippen LogP contribution is 2.24. The molecule has 2 aromatic rings. The molecule has 2 N–H and O–H groups in total. The normalized spacial score (nSPS) is 10.9. The van der Waals surface area contributed by atoms with Crippen molar-refractivity contribution in [2.45, 2.75) is 19.7 Å². The number of amides is 2. The first-order chi connectivity index (χ1) is 15.6. The van der Waals surface area contributed by atoms with Crippen LogP contribution in [0.25, 0.3) is 0 Å². The maximum atomic E-state index is 12.1. The van der Waals surface area contributed by atoms with Gasteiger partial charge in [0.15, 0.2) is 6.61 Å². The van der Waals surface area contributed by atoms with Gasteiger partial charge in [0.05, 0.1) is 31.5 Å². The zero-order chi connectivity index (χ0) is 24.4. The molecule has 0 fully saturated rings. The summed E-state index contributed by atoms with van der Waals surface area (Å²) >= 11 is 0. The van der Waals surface area contributed by atoms with E-state index < -0.39 is 37.2 Å². The Kier molecular flexibility index (Phi) is 9.22. The molecule has 2 amide bonds. The average molecular weight is 468 g/mol. The van der Waals surface area contributed by atoms with Crippen LogP contribution >= 0.6 is 0 Å². The first kappa shape index (κ1) is 25.7. The van der Waals surface area contributed by atoms with Crippen LogP contribution in [0.5, 0.6) is 5.75 Å². The Hall–Kier alpha value is -3.60. The number of hydrogen-bond donors (Lipinski definition) is 2. The molecule has 8 nitrogen and oxygen atoms in total. The third-order valence-electron chi connectivity index (χ3n) is 4.13. The van der Waals surface area contributed by atoms with Gasteiger partial charge < -0.3 is 24.8 Å². The third kappa shape index (κ3) is 9.19. The highest BCUT2D eigenvalue weighted by Gasteiger charge is 2.27. The lowest BCUT2D eigenvalue weighted by Gasteiger charge is -2.11. The summed E-state index contributed by atoms with van der Waals surface area (Å²) in [6, 6.07) is 10.7. The predicted molar refractivity (Wildman–Crippen MR) is 112 cm³/mol. The number of nitrogens with one attached hydrogen (secondary N) is 2. The molecule has 0 aliphatic rings. The lowest BCUT2D eigenvalue weighted by atomic mass is 10.1. The van der Waals surface area contributed by atoms with Gasteiger partial charge in [-0.05, 0) is 42.3 Å². The van der Waals surface area contributed by atoms with E-state index in [4.69, 9.17) is 9.47 Å². The maximum Gasteiger partial charge on any atom is 0.411 e. The van der Waals surface area contributed by atoms with Gasteiger partial charge in [0.1, 0.15) is 12.4 Å². The van der Waals surface area contributed by atoms with E-state index in [9.17, 15) is 27.6 Å². The van der Waals surface area contributed by atoms with Crippen molar-refractivity contribution in [2.75, 3.05) is 32.2 Å². The molecule has 2 rings (SSSR count). The number of methoxy groups -OCH3 is 1. The molecule has 0 saturated heterocycles. The molecule has 0 aromatic heterocycles. The fourth-order valence-electron chi connectivity index (χ4n) is 2.58. The van der Waals surface area contributed by atoms with Gasteiger partial charge in [0.2, 0.25) is 5.91 Å². The number of halogens is 3. The van der Waals surface area contributed by atoms with E-state index in [0.29, 0.717) is 17.0 Å². The van der Waals surface area contributed by atoms with Crippen LogP contribution in [-0.4, -0.2) is 50.8 Å². The standard InChI is InChI=1S/C22H23F3N2O6/c1-14-3-8-18(31-2)17(9-14)27-19(28)10-26-20(29)12-33-21(30)16-6-4-15(5-7-16)11-32-13-22(23,24)25/h3-9H,10-13H2,1-2H3,(H,26,29)(H,27,28). The highest BCUT2D eigenvalue weighted by molar-refractivity contribution is 5.96. The van der Waals surface area contributed by atoms with Crippen LogP contribution in [0.1, 0.15) is 21.5 Å². The molecule has 0 aliphatic carbocycles. The van der Waals surface area contributed by atoms with E-state index in [1.54, 1.807) is 12.1 Å². The van der Waals surface area contributed by atoms with Crippen molar-refractivity contribution in [1.82, 2.24) is 5.32 Å². The number of carbonyl (C=O) groups is 3. The summed E-state index contributed by atoms with van der Waals surface area (Å²) in [6.45, 7) is -0.757. The van der Waals surface area contributed by atoms with Gasteiger partial charge >= 0.3 is 12.1 Å². The van der Waals surface area contributed by atoms with Crippen molar-refractivity contribution in [1.29, 1.82) is 0 Å². The smallest absolute Gasteiger partial charge is 0.411 e. The Labute approximate surface area is 188 Å². The van der Waals surface area contributed by atoms with Gasteiger partial charge in [-0.15, -0.1) is 0 Å². The van der Waals surface area contributed by atoms with Gasteiger partial charge in [0, 0.05) is 0 Å². The zero-order valence-corrected chi connectivity index (χ0v) is 18.0. The molecule has 0 bridgehead atoms. The van der Waals surface area contributed by atoms with Crippen molar-refractivity contribution >= 4 is 23.5 Å². The van der Waals surface area contributed by atoms with Crippen LogP contribution in [0.4, 0.5) is 18.9 Å². The molecule has 0 atom stereocenters. The van der Waals surface area contributed by atoms with E-state index in [1.807, 2.05) is 13.0 Å².